The molecule has 0 unspecified atom stereocenters. The molecule has 0 radical (unpaired) electrons. The summed E-state index contributed by atoms with van der Waals surface area (Å²) in [7, 11) is 3.57. The molecule has 0 atom stereocenters. The second-order valence-corrected chi connectivity index (χ2v) is 3.77. The van der Waals surface area contributed by atoms with Gasteiger partial charge in [-0.25, -0.2) is 0 Å². The Labute approximate surface area is 101 Å². The predicted octanol–water partition coefficient (Wildman–Crippen LogP) is 2.11. The fraction of sp³-hybridized carbons (Fsp3) is 0.308. The third-order valence-corrected chi connectivity index (χ3v) is 2.43. The summed E-state index contributed by atoms with van der Waals surface area (Å²) in [5.74, 6) is 0.850. The molecule has 0 aliphatic carbocycles. The second-order valence-electron chi connectivity index (χ2n) is 3.77. The number of aromatic nitrogens is 2. The van der Waals surface area contributed by atoms with Gasteiger partial charge in [-0.2, -0.15) is 5.10 Å². The van der Waals surface area contributed by atoms with Gasteiger partial charge in [0.15, 0.2) is 0 Å². The van der Waals surface area contributed by atoms with Gasteiger partial charge in [-0.05, 0) is 17.7 Å². The minimum absolute atomic E-state index is 0.562. The smallest absolute Gasteiger partial charge is 0.120 e. The van der Waals surface area contributed by atoms with Crippen molar-refractivity contribution in [2.45, 2.75) is 0 Å². The van der Waals surface area contributed by atoms with E-state index in [2.05, 4.69) is 5.10 Å². The summed E-state index contributed by atoms with van der Waals surface area (Å²) < 4.78 is 12.3. The van der Waals surface area contributed by atoms with Crippen molar-refractivity contribution in [3.63, 3.8) is 0 Å². The van der Waals surface area contributed by atoms with E-state index >= 15 is 0 Å². The van der Waals surface area contributed by atoms with Crippen LogP contribution in [0.15, 0.2) is 36.7 Å². The lowest BCUT2D eigenvalue weighted by molar-refractivity contribution is 0.146. The van der Waals surface area contributed by atoms with Crippen molar-refractivity contribution in [1.29, 1.82) is 0 Å². The lowest BCUT2D eigenvalue weighted by Crippen LogP contribution is -2.04. The molecule has 2 aromatic rings. The van der Waals surface area contributed by atoms with Gasteiger partial charge in [0.1, 0.15) is 12.4 Å². The third-order valence-electron chi connectivity index (χ3n) is 2.43. The normalized spacial score (nSPS) is 10.5. The maximum absolute atomic E-state index is 5.56. The minimum Gasteiger partial charge on any atom is -0.491 e. The van der Waals surface area contributed by atoms with Crippen LogP contribution in [0.5, 0.6) is 5.75 Å². The Bertz CT molecular complexity index is 480. The Morgan fingerprint density at radius 2 is 2.12 bits per heavy atom. The molecule has 1 heterocycles. The summed E-state index contributed by atoms with van der Waals surface area (Å²) in [5.41, 5.74) is 2.19. The molecule has 4 nitrogen and oxygen atoms in total. The lowest BCUT2D eigenvalue weighted by Gasteiger charge is -2.06. The molecule has 4 heteroatoms. The van der Waals surface area contributed by atoms with Crippen LogP contribution in [0.2, 0.25) is 0 Å². The van der Waals surface area contributed by atoms with Crippen LogP contribution in [0.4, 0.5) is 0 Å². The van der Waals surface area contributed by atoms with Crippen LogP contribution in [0.1, 0.15) is 0 Å². The fourth-order valence-electron chi connectivity index (χ4n) is 1.58. The van der Waals surface area contributed by atoms with E-state index < -0.39 is 0 Å². The zero-order chi connectivity index (χ0) is 12.1. The van der Waals surface area contributed by atoms with Crippen LogP contribution in [0.25, 0.3) is 11.1 Å². The molecule has 90 valence electrons. The van der Waals surface area contributed by atoms with Gasteiger partial charge in [0, 0.05) is 25.9 Å². The van der Waals surface area contributed by atoms with Crippen molar-refractivity contribution in [3.8, 4) is 16.9 Å². The Kier molecular flexibility index (Phi) is 3.77. The number of benzene rings is 1. The molecule has 1 aromatic carbocycles. The first-order valence-electron chi connectivity index (χ1n) is 5.50. The van der Waals surface area contributed by atoms with Gasteiger partial charge in [0.2, 0.25) is 0 Å². The Hall–Kier alpha value is -1.81. The van der Waals surface area contributed by atoms with E-state index in [1.165, 1.54) is 0 Å². The van der Waals surface area contributed by atoms with Crippen molar-refractivity contribution in [3.05, 3.63) is 36.7 Å². The number of nitrogens with zero attached hydrogens (tertiary/aromatic N) is 2. The average Bonchev–Trinajstić information content (AvgIpc) is 2.77. The zero-order valence-corrected chi connectivity index (χ0v) is 10.1. The molecule has 0 bridgehead atoms. The third kappa shape index (κ3) is 3.07. The molecule has 0 saturated carbocycles. The van der Waals surface area contributed by atoms with Crippen LogP contribution >= 0.6 is 0 Å². The first-order valence-corrected chi connectivity index (χ1v) is 5.50. The molecule has 0 N–H and O–H groups in total. The second kappa shape index (κ2) is 5.50. The molecule has 0 aliphatic rings. The number of ether oxygens (including phenoxy) is 2. The van der Waals surface area contributed by atoms with E-state index in [1.807, 2.05) is 43.7 Å². The highest BCUT2D eigenvalue weighted by molar-refractivity contribution is 5.63. The van der Waals surface area contributed by atoms with E-state index in [0.29, 0.717) is 13.2 Å². The van der Waals surface area contributed by atoms with Gasteiger partial charge in [-0.1, -0.05) is 12.1 Å². The molecule has 0 spiro atoms. The van der Waals surface area contributed by atoms with Gasteiger partial charge < -0.3 is 9.47 Å². The minimum atomic E-state index is 0.562. The Morgan fingerprint density at radius 3 is 2.82 bits per heavy atom. The summed E-state index contributed by atoms with van der Waals surface area (Å²) in [6.45, 7) is 1.16. The highest BCUT2D eigenvalue weighted by atomic mass is 16.5. The van der Waals surface area contributed by atoms with Crippen LogP contribution < -0.4 is 4.74 Å². The average molecular weight is 232 g/mol. The largest absolute Gasteiger partial charge is 0.491 e. The van der Waals surface area contributed by atoms with Crippen LogP contribution in [0, 0.1) is 0 Å². The highest BCUT2D eigenvalue weighted by Crippen LogP contribution is 2.23. The summed E-state index contributed by atoms with van der Waals surface area (Å²) in [5, 5.41) is 4.15. The van der Waals surface area contributed by atoms with Crippen LogP contribution in [-0.4, -0.2) is 30.1 Å². The molecule has 2 rings (SSSR count). The quantitative estimate of drug-likeness (QED) is 0.741. The summed E-state index contributed by atoms with van der Waals surface area (Å²) in [6.07, 6.45) is 3.82. The fourth-order valence-corrected chi connectivity index (χ4v) is 1.58. The molecule has 0 aliphatic heterocycles. The molecule has 17 heavy (non-hydrogen) atoms. The predicted molar refractivity (Wildman–Crippen MR) is 66.0 cm³/mol. The van der Waals surface area contributed by atoms with Crippen molar-refractivity contribution in [2.24, 2.45) is 7.05 Å². The van der Waals surface area contributed by atoms with Gasteiger partial charge >= 0.3 is 0 Å². The Balaban J connectivity index is 2.11. The SMILES string of the molecule is COCCOc1cccc(-c2cnn(C)c2)c1. The van der Waals surface area contributed by atoms with Gasteiger partial charge in [0.05, 0.1) is 12.8 Å². The molecule has 0 amide bonds. The van der Waals surface area contributed by atoms with Crippen molar-refractivity contribution in [1.82, 2.24) is 9.78 Å². The van der Waals surface area contributed by atoms with Crippen molar-refractivity contribution in [2.75, 3.05) is 20.3 Å². The zero-order valence-electron chi connectivity index (χ0n) is 10.1. The van der Waals surface area contributed by atoms with E-state index in [9.17, 15) is 0 Å². The number of hydrogen-bond donors (Lipinski definition) is 0. The number of aryl methyl sites for hydroxylation is 1. The summed E-state index contributed by atoms with van der Waals surface area (Å²) >= 11 is 0. The standard InChI is InChI=1S/C13H16N2O2/c1-15-10-12(9-14-15)11-4-3-5-13(8-11)17-7-6-16-2/h3-5,8-10H,6-7H2,1-2H3. The van der Waals surface area contributed by atoms with Crippen molar-refractivity contribution < 1.29 is 9.47 Å². The molecular formula is C13H16N2O2. The molecule has 1 aromatic heterocycles. The lowest BCUT2D eigenvalue weighted by atomic mass is 10.1. The van der Waals surface area contributed by atoms with E-state index in [1.54, 1.807) is 11.8 Å². The van der Waals surface area contributed by atoms with Gasteiger partial charge in [-0.3, -0.25) is 4.68 Å². The number of rotatable bonds is 5. The van der Waals surface area contributed by atoms with E-state index in [0.717, 1.165) is 16.9 Å². The number of methoxy groups -OCH3 is 1. The maximum atomic E-state index is 5.56. The van der Waals surface area contributed by atoms with Gasteiger partial charge in [0.25, 0.3) is 0 Å². The van der Waals surface area contributed by atoms with Crippen LogP contribution in [-0.2, 0) is 11.8 Å². The van der Waals surface area contributed by atoms with Crippen LogP contribution in [0.3, 0.4) is 0 Å². The molecule has 0 saturated heterocycles. The number of hydrogen-bond acceptors (Lipinski definition) is 3. The van der Waals surface area contributed by atoms with Gasteiger partial charge in [-0.15, -0.1) is 0 Å². The van der Waals surface area contributed by atoms with E-state index in [-0.39, 0.29) is 0 Å². The maximum Gasteiger partial charge on any atom is 0.120 e. The topological polar surface area (TPSA) is 36.3 Å². The highest BCUT2D eigenvalue weighted by Gasteiger charge is 2.02. The Morgan fingerprint density at radius 1 is 1.24 bits per heavy atom. The summed E-state index contributed by atoms with van der Waals surface area (Å²) in [4.78, 5) is 0. The first-order chi connectivity index (χ1) is 8.29. The molecule has 0 fully saturated rings. The first kappa shape index (κ1) is 11.7. The van der Waals surface area contributed by atoms with E-state index in [4.69, 9.17) is 9.47 Å². The van der Waals surface area contributed by atoms with Crippen molar-refractivity contribution >= 4 is 0 Å². The molecular weight excluding hydrogens is 216 g/mol. The monoisotopic (exact) mass is 232 g/mol. The summed E-state index contributed by atoms with van der Waals surface area (Å²) in [6, 6.07) is 7.97.